The number of H-pyrrole nitrogens is 2. The summed E-state index contributed by atoms with van der Waals surface area (Å²) >= 11 is 0. The number of aromatic nitrogens is 4. The highest BCUT2D eigenvalue weighted by molar-refractivity contribution is 6.03. The van der Waals surface area contributed by atoms with Crippen LogP contribution in [0.15, 0.2) is 25.0 Å². The molecule has 5 heterocycles. The van der Waals surface area contributed by atoms with Gasteiger partial charge in [0.15, 0.2) is 5.96 Å². The van der Waals surface area contributed by atoms with E-state index in [0.717, 1.165) is 4.90 Å². The molecule has 150 heavy (non-hydrogen) atoms. The van der Waals surface area contributed by atoms with Gasteiger partial charge in [-0.2, -0.15) is 0 Å². The number of nitrogens with one attached hydrogen (secondary N) is 18. The molecule has 2 aromatic rings. The maximum absolute atomic E-state index is 15.1. The van der Waals surface area contributed by atoms with Gasteiger partial charge < -0.3 is 160 Å². The molecule has 0 aromatic carbocycles. The zero-order valence-corrected chi connectivity index (χ0v) is 86.2. The second-order valence-electron chi connectivity index (χ2n) is 39.0. The van der Waals surface area contributed by atoms with Crippen LogP contribution in [-0.4, -0.2) is 340 Å². The fourth-order valence-corrected chi connectivity index (χ4v) is 17.3. The van der Waals surface area contributed by atoms with Gasteiger partial charge in [-0.05, 0) is 165 Å². The molecule has 35 N–H and O–H groups in total. The molecule has 0 unspecified atom stereocenters. The van der Waals surface area contributed by atoms with Crippen molar-refractivity contribution in [3.63, 3.8) is 0 Å². The standard InChI is InChI=1S/C94H154N30O26/c1-9-51(8)76(121-87(143)68-23-17-37-124(68)92(148)65(41-53-44-104-47-108-53)119-79(135)55(19-10-12-32-95)112-85(141)66-21-15-35-122(66)90(146)54(97)18-14-34-105-94(101)102)89(145)114-56(20-11-13-33-96)78(134)116-62(40-52-43-103-46-107-52)83(139)110-57(24-28-69(98)125)77(133)106-45-72(128)109-64(39-49(4)5)91(147)123-36-16-22-67(123)86(142)113-58(25-29-70(99)126)80(136)111-59(26-30-73(129)130)81(137)120-75(50(6)7)88(144)118-61(38-48(2)3)82(138)117-63(42-71(100)127)84(140)115-60(93(149)150)27-31-74(131)132/h43-44,46-51,54-68,75-76H,9-42,45,95-97H2,1-8H3,(H2,98,125)(H2,99,126)(H2,100,127)(H,103,107)(H,104,108)(H,106,133)(H,109,128)(H,110,139)(H,111,136)(H,112,141)(H,113,142)(H,114,145)(H,115,140)(H,116,134)(H,117,138)(H,118,144)(H,119,135)(H,120,137)(H,121,143)(H,129,130)(H,131,132)(H,149,150)(H4,101,102,105)/t51-,54-,55-,56-,57-,58-,59-,60-,61-,62-,63-,64-,65-,66-,67-,68-,75-,76-/m0/s1. The van der Waals surface area contributed by atoms with Gasteiger partial charge in [-0.15, -0.1) is 0 Å². The van der Waals surface area contributed by atoms with Gasteiger partial charge in [0.25, 0.3) is 0 Å². The molecule has 0 aliphatic carbocycles. The molecule has 0 bridgehead atoms. The number of hydrogen-bond donors (Lipinski definition) is 28. The number of carboxylic acids is 3. The Morgan fingerprint density at radius 2 is 0.780 bits per heavy atom. The summed E-state index contributed by atoms with van der Waals surface area (Å²) in [4.78, 5) is 335. The lowest BCUT2D eigenvalue weighted by Gasteiger charge is -2.32. The molecule has 3 saturated heterocycles. The molecular formula is C94H154N30O26. The number of likely N-dealkylation sites (tertiary alicyclic amines) is 3. The second-order valence-corrected chi connectivity index (χ2v) is 39.0. The van der Waals surface area contributed by atoms with Crippen molar-refractivity contribution in [3.8, 4) is 0 Å². The lowest BCUT2D eigenvalue weighted by molar-refractivity contribution is -0.144. The number of rotatable bonds is 69. The number of hydrogen-bond acceptors (Lipinski definition) is 29. The van der Waals surface area contributed by atoms with Crippen LogP contribution in [0, 0.1) is 29.1 Å². The van der Waals surface area contributed by atoms with Crippen LogP contribution in [-0.2, 0) is 123 Å². The van der Waals surface area contributed by atoms with Crippen molar-refractivity contribution < 1.29 is 126 Å². The second kappa shape index (κ2) is 63.9. The molecule has 5 rings (SSSR count). The van der Waals surface area contributed by atoms with Gasteiger partial charge in [0, 0.05) is 88.5 Å². The Morgan fingerprint density at radius 1 is 0.400 bits per heavy atom. The highest BCUT2D eigenvalue weighted by Gasteiger charge is 2.46. The first kappa shape index (κ1) is 126. The number of aromatic amines is 2. The minimum absolute atomic E-state index is 0.0224. The number of carbonyl (C=O) groups excluding carboxylic acids is 20. The van der Waals surface area contributed by atoms with E-state index in [1.165, 1.54) is 48.7 Å². The van der Waals surface area contributed by atoms with Crippen LogP contribution in [0.3, 0.4) is 0 Å². The van der Waals surface area contributed by atoms with E-state index in [1.54, 1.807) is 41.5 Å². The summed E-state index contributed by atoms with van der Waals surface area (Å²) in [7, 11) is 0. The van der Waals surface area contributed by atoms with Crippen LogP contribution in [0.4, 0.5) is 0 Å². The molecule has 2 aromatic heterocycles. The van der Waals surface area contributed by atoms with E-state index in [1.807, 2.05) is 0 Å². The largest absolute Gasteiger partial charge is 0.481 e. The number of amides is 20. The molecule has 20 amide bonds. The van der Waals surface area contributed by atoms with E-state index in [0.29, 0.717) is 50.8 Å². The summed E-state index contributed by atoms with van der Waals surface area (Å²) in [5, 5.41) is 74.2. The van der Waals surface area contributed by atoms with Crippen LogP contribution in [0.1, 0.15) is 234 Å². The summed E-state index contributed by atoms with van der Waals surface area (Å²) in [6.07, 6.45) is 2.34. The third-order valence-electron chi connectivity index (χ3n) is 25.6. The Bertz CT molecular complexity index is 4950. The highest BCUT2D eigenvalue weighted by atomic mass is 16.4. The van der Waals surface area contributed by atoms with Crippen molar-refractivity contribution in [2.75, 3.05) is 45.8 Å². The highest BCUT2D eigenvalue weighted by Crippen LogP contribution is 2.26. The Kier molecular flexibility index (Phi) is 53.6. The van der Waals surface area contributed by atoms with E-state index >= 15 is 4.79 Å². The molecule has 3 aliphatic heterocycles. The number of carboxylic acid groups (broad SMARTS) is 3. The van der Waals surface area contributed by atoms with E-state index in [-0.39, 0.29) is 134 Å². The molecule has 836 valence electrons. The first-order valence-corrected chi connectivity index (χ1v) is 50.7. The van der Waals surface area contributed by atoms with E-state index in [4.69, 9.17) is 50.7 Å². The molecule has 18 atom stereocenters. The van der Waals surface area contributed by atoms with Crippen molar-refractivity contribution in [2.24, 2.45) is 63.8 Å². The van der Waals surface area contributed by atoms with E-state index in [2.05, 4.69) is 99.7 Å². The van der Waals surface area contributed by atoms with Gasteiger partial charge in [-0.1, -0.05) is 61.8 Å². The lowest BCUT2D eigenvalue weighted by Crippen LogP contribution is -2.61. The van der Waals surface area contributed by atoms with Crippen LogP contribution in [0.25, 0.3) is 0 Å². The van der Waals surface area contributed by atoms with Crippen LogP contribution in [0.5, 0.6) is 0 Å². The maximum atomic E-state index is 15.1. The summed E-state index contributed by atoms with van der Waals surface area (Å²) in [6, 6.07) is -25.2. The number of unbranched alkanes of at least 4 members (excludes halogenated alkanes) is 2. The van der Waals surface area contributed by atoms with Crippen molar-refractivity contribution in [1.29, 1.82) is 5.41 Å². The van der Waals surface area contributed by atoms with Crippen molar-refractivity contribution >= 4 is 142 Å². The van der Waals surface area contributed by atoms with E-state index < -0.39 is 321 Å². The maximum Gasteiger partial charge on any atom is 0.326 e. The normalized spacial score (nSPS) is 17.3. The zero-order valence-electron chi connectivity index (χ0n) is 86.2. The number of nitrogens with two attached hydrogens (primary N) is 7. The molecule has 0 saturated carbocycles. The molecule has 0 spiro atoms. The molecule has 3 aliphatic rings. The Morgan fingerprint density at radius 3 is 1.23 bits per heavy atom. The SMILES string of the molecule is CC[C@H](C)[C@H](NC(=O)[C@@H]1CCCN1C(=O)[C@H](Cc1cnc[nH]1)NC(=O)[C@H](CCCCN)NC(=O)[C@@H]1CCCN1C(=O)[C@@H](N)CCCNC(=N)N)C(=O)N[C@@H](CCCCN)C(=O)N[C@@H](Cc1cnc[nH]1)C(=O)N[C@@H](CCC(N)=O)C(=O)NCC(=O)N[C@@H](CC(C)C)C(=O)N1CCC[C@H]1C(=O)N[C@@H](CCC(N)=O)C(=O)N[C@@H](CCC(=O)O)C(=O)N[C@H](C(=O)N[C@@H](CC(C)C)C(=O)N[C@@H](CC(N)=O)C(=O)N[C@@H](CCC(=O)O)C(=O)O)C(C)C. The number of carbonyl (C=O) groups is 23. The molecule has 56 nitrogen and oxygen atoms in total. The summed E-state index contributed by atoms with van der Waals surface area (Å²) in [5.74, 6) is -25.9. The fraction of sp³-hybridized carbons (Fsp3) is 0.681. The number of nitrogens with zero attached hydrogens (tertiary/aromatic N) is 5. The molecule has 56 heteroatoms. The molecule has 0 radical (unpaired) electrons. The van der Waals surface area contributed by atoms with Gasteiger partial charge >= 0.3 is 17.9 Å². The number of guanidine groups is 1. The quantitative estimate of drug-likeness (QED) is 0.0166. The number of imidazole rings is 2. The van der Waals surface area contributed by atoms with Crippen LogP contribution >= 0.6 is 0 Å². The zero-order chi connectivity index (χ0) is 112. The Labute approximate surface area is 867 Å². The van der Waals surface area contributed by atoms with Gasteiger partial charge in [0.2, 0.25) is 118 Å². The average Bonchev–Trinajstić information content (AvgIpc) is 1.65. The number of aliphatic carboxylic acids is 3. The third kappa shape index (κ3) is 42.9. The average molecular weight is 2120 g/mol. The minimum atomic E-state index is -1.86. The van der Waals surface area contributed by atoms with Crippen molar-refractivity contribution in [1.82, 2.24) is 114 Å². The monoisotopic (exact) mass is 2120 g/mol. The van der Waals surface area contributed by atoms with Gasteiger partial charge in [-0.25, -0.2) is 14.8 Å². The first-order chi connectivity index (χ1) is 70.9. The summed E-state index contributed by atoms with van der Waals surface area (Å²) in [5.41, 5.74) is 40.6. The predicted molar refractivity (Wildman–Crippen MR) is 535 cm³/mol. The smallest absolute Gasteiger partial charge is 0.326 e. The Hall–Kier alpha value is -14.6. The first-order valence-electron chi connectivity index (χ1n) is 50.7. The van der Waals surface area contributed by atoms with Crippen LogP contribution < -0.4 is 120 Å². The van der Waals surface area contributed by atoms with Crippen molar-refractivity contribution in [2.45, 2.75) is 338 Å². The molecular weight excluding hydrogens is 1970 g/mol. The summed E-state index contributed by atoms with van der Waals surface area (Å²) < 4.78 is 0. The lowest BCUT2D eigenvalue weighted by atomic mass is 9.96. The summed E-state index contributed by atoms with van der Waals surface area (Å²) in [6.45, 7) is 12.9. The van der Waals surface area contributed by atoms with Crippen molar-refractivity contribution in [3.05, 3.63) is 36.4 Å². The molecule has 3 fully saturated rings. The minimum Gasteiger partial charge on any atom is -0.481 e. The van der Waals surface area contributed by atoms with Gasteiger partial charge in [0.1, 0.15) is 96.7 Å². The topological polar surface area (TPSA) is 907 Å². The number of primary amides is 3. The Balaban J connectivity index is 1.32. The van der Waals surface area contributed by atoms with Crippen LogP contribution in [0.2, 0.25) is 0 Å². The third-order valence-corrected chi connectivity index (χ3v) is 25.6. The van der Waals surface area contributed by atoms with Gasteiger partial charge in [0.05, 0.1) is 31.7 Å². The van der Waals surface area contributed by atoms with Gasteiger partial charge in [-0.3, -0.25) is 111 Å². The van der Waals surface area contributed by atoms with E-state index in [9.17, 15) is 116 Å². The fourth-order valence-electron chi connectivity index (χ4n) is 17.3. The predicted octanol–water partition coefficient (Wildman–Crippen LogP) is -7.83.